The van der Waals surface area contributed by atoms with Crippen LogP contribution in [0.5, 0.6) is 0 Å². The van der Waals surface area contributed by atoms with Crippen molar-refractivity contribution < 1.29 is 8.42 Å². The van der Waals surface area contributed by atoms with E-state index < -0.39 is 9.84 Å². The van der Waals surface area contributed by atoms with E-state index in [1.54, 1.807) is 6.20 Å². The summed E-state index contributed by atoms with van der Waals surface area (Å²) >= 11 is 0. The summed E-state index contributed by atoms with van der Waals surface area (Å²) in [5, 5.41) is 3.02. The van der Waals surface area contributed by atoms with Gasteiger partial charge in [0.25, 0.3) is 0 Å². The summed E-state index contributed by atoms with van der Waals surface area (Å²) < 4.78 is 24.7. The zero-order chi connectivity index (χ0) is 10.9. The van der Waals surface area contributed by atoms with Gasteiger partial charge in [-0.2, -0.15) is 0 Å². The van der Waals surface area contributed by atoms with Crippen LogP contribution in [0, 0.1) is 0 Å². The van der Waals surface area contributed by atoms with Gasteiger partial charge in [-0.05, 0) is 13.5 Å². The number of sulfone groups is 1. The lowest BCUT2D eigenvalue weighted by Gasteiger charge is -2.13. The standard InChI is InChI=1S/C9H15N3O2S/c1-10-6-9-11-3-4-12(9)8-2-5-15(13,14)7-8/h3-4,8,10H,2,5-7H2,1H3. The number of imidazole rings is 1. The van der Waals surface area contributed by atoms with Crippen LogP contribution < -0.4 is 5.32 Å². The van der Waals surface area contributed by atoms with Crippen LogP contribution in [0.4, 0.5) is 0 Å². The summed E-state index contributed by atoms with van der Waals surface area (Å²) in [7, 11) is -0.971. The Morgan fingerprint density at radius 3 is 3.07 bits per heavy atom. The molecule has 1 atom stereocenters. The fourth-order valence-electron chi connectivity index (χ4n) is 1.97. The summed E-state index contributed by atoms with van der Waals surface area (Å²) in [6.45, 7) is 0.670. The second-order valence-electron chi connectivity index (χ2n) is 3.84. The minimum absolute atomic E-state index is 0.0702. The van der Waals surface area contributed by atoms with Gasteiger partial charge >= 0.3 is 0 Å². The molecule has 1 aliphatic rings. The van der Waals surface area contributed by atoms with Crippen LogP contribution in [-0.2, 0) is 16.4 Å². The molecule has 2 heterocycles. The molecule has 0 amide bonds. The molecular weight excluding hydrogens is 214 g/mol. The van der Waals surface area contributed by atoms with E-state index in [0.29, 0.717) is 18.7 Å². The Kier molecular flexibility index (Phi) is 2.79. The molecule has 84 valence electrons. The average molecular weight is 229 g/mol. The Morgan fingerprint density at radius 1 is 1.67 bits per heavy atom. The Hall–Kier alpha value is -0.880. The van der Waals surface area contributed by atoms with Gasteiger partial charge in [-0.25, -0.2) is 13.4 Å². The van der Waals surface area contributed by atoms with E-state index in [-0.39, 0.29) is 11.8 Å². The molecule has 0 aromatic carbocycles. The highest BCUT2D eigenvalue weighted by Gasteiger charge is 2.29. The van der Waals surface area contributed by atoms with Gasteiger partial charge < -0.3 is 9.88 Å². The molecule has 0 bridgehead atoms. The second-order valence-corrected chi connectivity index (χ2v) is 6.07. The molecule has 0 spiro atoms. The lowest BCUT2D eigenvalue weighted by Crippen LogP contribution is -2.17. The maximum atomic E-state index is 11.4. The van der Waals surface area contributed by atoms with Crippen molar-refractivity contribution in [2.75, 3.05) is 18.6 Å². The van der Waals surface area contributed by atoms with E-state index in [2.05, 4.69) is 10.3 Å². The molecule has 2 rings (SSSR count). The van der Waals surface area contributed by atoms with Crippen molar-refractivity contribution in [2.45, 2.75) is 19.0 Å². The van der Waals surface area contributed by atoms with Crippen molar-refractivity contribution in [3.8, 4) is 0 Å². The topological polar surface area (TPSA) is 64.0 Å². The fraction of sp³-hybridized carbons (Fsp3) is 0.667. The lowest BCUT2D eigenvalue weighted by atomic mass is 10.2. The average Bonchev–Trinajstić information content (AvgIpc) is 2.72. The van der Waals surface area contributed by atoms with Gasteiger partial charge in [0.15, 0.2) is 9.84 Å². The molecule has 0 saturated carbocycles. The van der Waals surface area contributed by atoms with Crippen molar-refractivity contribution in [1.82, 2.24) is 14.9 Å². The SMILES string of the molecule is CNCc1nccn1C1CCS(=O)(=O)C1. The number of aromatic nitrogens is 2. The van der Waals surface area contributed by atoms with E-state index in [1.165, 1.54) is 0 Å². The predicted molar refractivity (Wildman–Crippen MR) is 57.3 cm³/mol. The van der Waals surface area contributed by atoms with Gasteiger partial charge in [0.2, 0.25) is 0 Å². The van der Waals surface area contributed by atoms with Gasteiger partial charge in [-0.1, -0.05) is 0 Å². The summed E-state index contributed by atoms with van der Waals surface area (Å²) in [5.41, 5.74) is 0. The first-order valence-electron chi connectivity index (χ1n) is 4.99. The van der Waals surface area contributed by atoms with Crippen molar-refractivity contribution in [2.24, 2.45) is 0 Å². The van der Waals surface area contributed by atoms with Crippen LogP contribution in [0.1, 0.15) is 18.3 Å². The van der Waals surface area contributed by atoms with Crippen molar-refractivity contribution in [1.29, 1.82) is 0 Å². The van der Waals surface area contributed by atoms with Crippen molar-refractivity contribution in [3.05, 3.63) is 18.2 Å². The highest BCUT2D eigenvalue weighted by atomic mass is 32.2. The fourth-order valence-corrected chi connectivity index (χ4v) is 3.68. The number of hydrogen-bond donors (Lipinski definition) is 1. The minimum Gasteiger partial charge on any atom is -0.330 e. The Labute approximate surface area is 89.4 Å². The quantitative estimate of drug-likeness (QED) is 0.790. The maximum Gasteiger partial charge on any atom is 0.152 e. The van der Waals surface area contributed by atoms with Gasteiger partial charge in [-0.3, -0.25) is 0 Å². The molecular formula is C9H15N3O2S. The van der Waals surface area contributed by atoms with Gasteiger partial charge in [-0.15, -0.1) is 0 Å². The first-order chi connectivity index (χ1) is 7.12. The first-order valence-corrected chi connectivity index (χ1v) is 6.81. The van der Waals surface area contributed by atoms with Crippen LogP contribution in [-0.4, -0.2) is 36.5 Å². The zero-order valence-corrected chi connectivity index (χ0v) is 9.50. The molecule has 5 nitrogen and oxygen atoms in total. The summed E-state index contributed by atoms with van der Waals surface area (Å²) in [6.07, 6.45) is 4.28. The van der Waals surface area contributed by atoms with E-state index in [0.717, 1.165) is 5.82 Å². The number of nitrogens with one attached hydrogen (secondary N) is 1. The molecule has 1 unspecified atom stereocenters. The summed E-state index contributed by atoms with van der Waals surface area (Å²) in [4.78, 5) is 4.20. The minimum atomic E-state index is -2.82. The third kappa shape index (κ3) is 2.21. The Bertz CT molecular complexity index is 438. The number of rotatable bonds is 3. The lowest BCUT2D eigenvalue weighted by molar-refractivity contribution is 0.522. The molecule has 1 fully saturated rings. The maximum absolute atomic E-state index is 11.4. The molecule has 0 aliphatic carbocycles. The molecule has 1 N–H and O–H groups in total. The second kappa shape index (κ2) is 3.94. The van der Waals surface area contributed by atoms with Crippen LogP contribution >= 0.6 is 0 Å². The van der Waals surface area contributed by atoms with Crippen molar-refractivity contribution >= 4 is 9.84 Å². The normalized spacial score (nSPS) is 24.5. The first kappa shape index (κ1) is 10.6. The Balaban J connectivity index is 2.20. The molecule has 15 heavy (non-hydrogen) atoms. The van der Waals surface area contributed by atoms with Crippen LogP contribution in [0.2, 0.25) is 0 Å². The molecule has 6 heteroatoms. The predicted octanol–water partition coefficient (Wildman–Crippen LogP) is -0.0379. The van der Waals surface area contributed by atoms with Gasteiger partial charge in [0.05, 0.1) is 18.1 Å². The molecule has 1 aromatic rings. The molecule has 1 aliphatic heterocycles. The highest BCUT2D eigenvalue weighted by Crippen LogP contribution is 2.24. The smallest absolute Gasteiger partial charge is 0.152 e. The van der Waals surface area contributed by atoms with E-state index in [9.17, 15) is 8.42 Å². The van der Waals surface area contributed by atoms with Crippen LogP contribution in [0.3, 0.4) is 0 Å². The molecule has 1 saturated heterocycles. The van der Waals surface area contributed by atoms with Gasteiger partial charge in [0, 0.05) is 18.4 Å². The molecule has 0 radical (unpaired) electrons. The van der Waals surface area contributed by atoms with Crippen molar-refractivity contribution in [3.63, 3.8) is 0 Å². The van der Waals surface area contributed by atoms with Crippen LogP contribution in [0.15, 0.2) is 12.4 Å². The molecule has 1 aromatic heterocycles. The Morgan fingerprint density at radius 2 is 2.47 bits per heavy atom. The van der Waals surface area contributed by atoms with Gasteiger partial charge in [0.1, 0.15) is 5.82 Å². The number of nitrogens with zero attached hydrogens (tertiary/aromatic N) is 2. The summed E-state index contributed by atoms with van der Waals surface area (Å²) in [5.74, 6) is 1.45. The van der Waals surface area contributed by atoms with E-state index >= 15 is 0 Å². The zero-order valence-electron chi connectivity index (χ0n) is 8.68. The highest BCUT2D eigenvalue weighted by molar-refractivity contribution is 7.91. The number of hydrogen-bond acceptors (Lipinski definition) is 4. The monoisotopic (exact) mass is 229 g/mol. The summed E-state index contributed by atoms with van der Waals surface area (Å²) in [6, 6.07) is 0.0702. The largest absolute Gasteiger partial charge is 0.330 e. The van der Waals surface area contributed by atoms with E-state index in [4.69, 9.17) is 0 Å². The third-order valence-electron chi connectivity index (χ3n) is 2.69. The van der Waals surface area contributed by atoms with Crippen LogP contribution in [0.25, 0.3) is 0 Å². The third-order valence-corrected chi connectivity index (χ3v) is 4.44. The van der Waals surface area contributed by atoms with E-state index in [1.807, 2.05) is 17.8 Å².